The van der Waals surface area contributed by atoms with E-state index in [1.807, 2.05) is 30.5 Å². The van der Waals surface area contributed by atoms with Crippen molar-refractivity contribution < 1.29 is 14.6 Å². The number of aliphatic hydroxyl groups excluding tert-OH is 1. The third-order valence-corrected chi connectivity index (χ3v) is 8.76. The van der Waals surface area contributed by atoms with Gasteiger partial charge in [0.2, 0.25) is 5.95 Å². The molecule has 3 N–H and O–H groups in total. The summed E-state index contributed by atoms with van der Waals surface area (Å²) >= 11 is 0. The second-order valence-electron chi connectivity index (χ2n) is 11.4. The maximum absolute atomic E-state index is 9.29. The number of methoxy groups -OCH3 is 2. The van der Waals surface area contributed by atoms with Gasteiger partial charge in [0, 0.05) is 50.5 Å². The molecule has 9 heteroatoms. The lowest BCUT2D eigenvalue weighted by Crippen LogP contribution is -2.51. The number of ether oxygens (including phenoxy) is 2. The predicted molar refractivity (Wildman–Crippen MR) is 162 cm³/mol. The molecule has 9 nitrogen and oxygen atoms in total. The molecular weight excluding hydrogens is 516 g/mol. The van der Waals surface area contributed by atoms with Gasteiger partial charge in [-0.2, -0.15) is 4.98 Å². The molecule has 1 saturated heterocycles. The van der Waals surface area contributed by atoms with Crippen molar-refractivity contribution in [1.29, 1.82) is 0 Å². The maximum Gasteiger partial charge on any atom is 0.229 e. The van der Waals surface area contributed by atoms with Crippen molar-refractivity contribution in [2.75, 3.05) is 64.2 Å². The number of β-amino-alcohol motifs (C(OH)–C–C–N with tert-alkyl or cyclic N) is 1. The van der Waals surface area contributed by atoms with Gasteiger partial charge >= 0.3 is 0 Å². The minimum atomic E-state index is 0.238. The highest BCUT2D eigenvalue weighted by Gasteiger charge is 2.30. The Bertz CT molecular complexity index is 1340. The lowest BCUT2D eigenvalue weighted by molar-refractivity contribution is 0.0805. The van der Waals surface area contributed by atoms with E-state index in [1.165, 1.54) is 17.5 Å². The second kappa shape index (κ2) is 12.6. The van der Waals surface area contributed by atoms with E-state index in [0.29, 0.717) is 17.9 Å². The minimum absolute atomic E-state index is 0.238. The summed E-state index contributed by atoms with van der Waals surface area (Å²) in [5.41, 5.74) is 5.58. The van der Waals surface area contributed by atoms with Gasteiger partial charge in [-0.05, 0) is 73.8 Å². The fraction of sp³-hybridized carbons (Fsp3) is 0.500. The summed E-state index contributed by atoms with van der Waals surface area (Å²) < 4.78 is 11.6. The molecular formula is C32H42N6O3. The van der Waals surface area contributed by atoms with Crippen LogP contribution in [-0.2, 0) is 12.8 Å². The predicted octanol–water partition coefficient (Wildman–Crippen LogP) is 4.72. The summed E-state index contributed by atoms with van der Waals surface area (Å²) in [7, 11) is 3.44. The molecule has 2 heterocycles. The van der Waals surface area contributed by atoms with Gasteiger partial charge in [-0.3, -0.25) is 9.80 Å². The van der Waals surface area contributed by atoms with Crippen molar-refractivity contribution in [3.63, 3.8) is 0 Å². The summed E-state index contributed by atoms with van der Waals surface area (Å²) in [6, 6.07) is 12.8. The van der Waals surface area contributed by atoms with Crippen molar-refractivity contribution in [1.82, 2.24) is 19.8 Å². The third kappa shape index (κ3) is 6.27. The molecule has 3 aromatic rings. The Kier molecular flexibility index (Phi) is 8.55. The fourth-order valence-electron chi connectivity index (χ4n) is 6.38. The van der Waals surface area contributed by atoms with Crippen LogP contribution in [0.2, 0.25) is 0 Å². The summed E-state index contributed by atoms with van der Waals surface area (Å²) in [6.45, 7) is 5.21. The zero-order valence-electron chi connectivity index (χ0n) is 24.2. The highest BCUT2D eigenvalue weighted by Crippen LogP contribution is 2.44. The zero-order valence-corrected chi connectivity index (χ0v) is 24.2. The van der Waals surface area contributed by atoms with E-state index in [9.17, 15) is 5.11 Å². The minimum Gasteiger partial charge on any atom is -0.495 e. The number of rotatable bonds is 10. The first-order valence-corrected chi connectivity index (χ1v) is 15.0. The largest absolute Gasteiger partial charge is 0.495 e. The van der Waals surface area contributed by atoms with Crippen LogP contribution in [0.15, 0.2) is 42.6 Å². The van der Waals surface area contributed by atoms with Gasteiger partial charge in [-0.1, -0.05) is 18.2 Å². The van der Waals surface area contributed by atoms with Gasteiger partial charge in [0.25, 0.3) is 0 Å². The van der Waals surface area contributed by atoms with Crippen LogP contribution in [0.4, 0.5) is 23.1 Å². The first kappa shape index (κ1) is 27.8. The Labute approximate surface area is 242 Å². The molecule has 2 aliphatic carbocycles. The molecule has 2 aromatic carbocycles. The molecule has 41 heavy (non-hydrogen) atoms. The first-order chi connectivity index (χ1) is 20.2. The topological polar surface area (TPSA) is 95.0 Å². The number of anilines is 4. The van der Waals surface area contributed by atoms with Crippen LogP contribution in [0.25, 0.3) is 0 Å². The Morgan fingerprint density at radius 3 is 2.54 bits per heavy atom. The van der Waals surface area contributed by atoms with Gasteiger partial charge in [0.1, 0.15) is 17.3 Å². The lowest BCUT2D eigenvalue weighted by Gasteiger charge is -2.39. The van der Waals surface area contributed by atoms with Crippen LogP contribution >= 0.6 is 0 Å². The molecule has 1 aliphatic heterocycles. The van der Waals surface area contributed by atoms with Crippen molar-refractivity contribution in [3.8, 4) is 11.5 Å². The summed E-state index contributed by atoms with van der Waals surface area (Å²) in [5, 5.41) is 16.3. The van der Waals surface area contributed by atoms with Crippen LogP contribution in [0.3, 0.4) is 0 Å². The Morgan fingerprint density at radius 1 is 0.951 bits per heavy atom. The highest BCUT2D eigenvalue weighted by molar-refractivity contribution is 5.70. The van der Waals surface area contributed by atoms with Crippen LogP contribution < -0.4 is 20.1 Å². The maximum atomic E-state index is 9.29. The molecule has 1 saturated carbocycles. The average Bonchev–Trinajstić information content (AvgIpc) is 3.86. The average molecular weight is 559 g/mol. The molecule has 2 fully saturated rings. The van der Waals surface area contributed by atoms with Gasteiger partial charge < -0.3 is 25.2 Å². The number of nitrogens with one attached hydrogen (secondary N) is 2. The van der Waals surface area contributed by atoms with Crippen molar-refractivity contribution in [2.24, 2.45) is 0 Å². The first-order valence-electron chi connectivity index (χ1n) is 15.0. The van der Waals surface area contributed by atoms with Gasteiger partial charge in [-0.25, -0.2) is 4.98 Å². The van der Waals surface area contributed by atoms with E-state index < -0.39 is 0 Å². The molecule has 0 spiro atoms. The molecule has 1 unspecified atom stereocenters. The SMILES string of the molecule is COc1ccccc1Nc1nc(Nc2ccc3c(c2OC)CCCC(N2CCN(CCO)CC2)C3)ncc1C1CC1. The number of para-hydroxylation sites is 2. The monoisotopic (exact) mass is 558 g/mol. The van der Waals surface area contributed by atoms with Crippen LogP contribution in [0, 0.1) is 0 Å². The number of hydrogen-bond acceptors (Lipinski definition) is 9. The number of aliphatic hydroxyl groups is 1. The van der Waals surface area contributed by atoms with Crippen LogP contribution in [-0.4, -0.2) is 84.5 Å². The summed E-state index contributed by atoms with van der Waals surface area (Å²) in [6.07, 6.45) is 8.62. The number of aromatic nitrogens is 2. The fourth-order valence-corrected chi connectivity index (χ4v) is 6.38. The Morgan fingerprint density at radius 2 is 1.78 bits per heavy atom. The van der Waals surface area contributed by atoms with Gasteiger partial charge in [-0.15, -0.1) is 0 Å². The molecule has 3 aliphatic rings. The summed E-state index contributed by atoms with van der Waals surface area (Å²) in [5.74, 6) is 3.52. The van der Waals surface area contributed by atoms with Crippen molar-refractivity contribution >= 4 is 23.1 Å². The molecule has 0 amide bonds. The number of nitrogens with zero attached hydrogens (tertiary/aromatic N) is 4. The normalized spacial score (nSPS) is 19.7. The standard InChI is InChI=1S/C32H42N6O3/c1-40-29-9-4-3-8-27(29)34-31-26(22-10-11-22)21-33-32(36-31)35-28-13-12-23-20-24(6-5-7-25(23)30(28)41-2)38-16-14-37(15-17-38)18-19-39/h3-4,8-9,12-13,21-22,24,39H,5-7,10-11,14-20H2,1-2H3,(H2,33,34,35,36). The van der Waals surface area contributed by atoms with E-state index >= 15 is 0 Å². The molecule has 6 rings (SSSR count). The molecule has 218 valence electrons. The smallest absolute Gasteiger partial charge is 0.229 e. The molecule has 0 radical (unpaired) electrons. The number of hydrogen-bond donors (Lipinski definition) is 3. The van der Waals surface area contributed by atoms with Crippen molar-refractivity contribution in [3.05, 3.63) is 59.3 Å². The second-order valence-corrected chi connectivity index (χ2v) is 11.4. The molecule has 0 bridgehead atoms. The quantitative estimate of drug-likeness (QED) is 0.306. The van der Waals surface area contributed by atoms with Crippen molar-refractivity contribution in [2.45, 2.75) is 50.5 Å². The Hall–Kier alpha value is -3.40. The number of benzene rings is 2. The van der Waals surface area contributed by atoms with E-state index in [1.54, 1.807) is 14.2 Å². The number of fused-ring (bicyclic) bond motifs is 1. The number of piperazine rings is 1. The van der Waals surface area contributed by atoms with Crippen LogP contribution in [0.5, 0.6) is 11.5 Å². The van der Waals surface area contributed by atoms with Gasteiger partial charge in [0.15, 0.2) is 0 Å². The van der Waals surface area contributed by atoms with E-state index in [2.05, 4.69) is 32.6 Å². The van der Waals surface area contributed by atoms with E-state index in [-0.39, 0.29) is 6.61 Å². The lowest BCUT2D eigenvalue weighted by atomic mass is 9.98. The van der Waals surface area contributed by atoms with Crippen LogP contribution in [0.1, 0.15) is 48.3 Å². The van der Waals surface area contributed by atoms with E-state index in [4.69, 9.17) is 19.4 Å². The third-order valence-electron chi connectivity index (χ3n) is 8.76. The zero-order chi connectivity index (χ0) is 28.2. The van der Waals surface area contributed by atoms with Gasteiger partial charge in [0.05, 0.1) is 32.2 Å². The summed E-state index contributed by atoms with van der Waals surface area (Å²) in [4.78, 5) is 14.6. The molecule has 1 atom stereocenters. The highest BCUT2D eigenvalue weighted by atomic mass is 16.5. The molecule has 1 aromatic heterocycles. The van der Waals surface area contributed by atoms with E-state index in [0.717, 1.165) is 99.1 Å². The Balaban J connectivity index is 1.22.